The number of imidazole rings is 1. The second-order valence-corrected chi connectivity index (χ2v) is 4.18. The highest BCUT2D eigenvalue weighted by atomic mass is 19.4. The molecule has 1 heterocycles. The SMILES string of the molecule is Nc1nc2ccccc2n1CCCCC(F)(F)F. The van der Waals surface area contributed by atoms with Gasteiger partial charge in [0.1, 0.15) is 0 Å². The first kappa shape index (κ1) is 12.7. The van der Waals surface area contributed by atoms with Gasteiger partial charge in [0.25, 0.3) is 0 Å². The number of fused-ring (bicyclic) bond motifs is 1. The molecule has 0 aliphatic carbocycles. The van der Waals surface area contributed by atoms with Crippen LogP contribution in [-0.4, -0.2) is 15.7 Å². The van der Waals surface area contributed by atoms with Crippen LogP contribution in [0.15, 0.2) is 24.3 Å². The number of halogens is 3. The number of unbranched alkanes of at least 4 members (excludes halogenated alkanes) is 1. The quantitative estimate of drug-likeness (QED) is 0.853. The molecule has 0 unspecified atom stereocenters. The minimum absolute atomic E-state index is 0.107. The van der Waals surface area contributed by atoms with Gasteiger partial charge in [0.15, 0.2) is 0 Å². The topological polar surface area (TPSA) is 43.8 Å². The molecular formula is C12H14F3N3. The third-order valence-corrected chi connectivity index (χ3v) is 2.78. The fourth-order valence-corrected chi connectivity index (χ4v) is 1.92. The number of alkyl halides is 3. The van der Waals surface area contributed by atoms with E-state index in [0.717, 1.165) is 11.0 Å². The number of benzene rings is 1. The van der Waals surface area contributed by atoms with Crippen LogP contribution < -0.4 is 5.73 Å². The van der Waals surface area contributed by atoms with Crippen LogP contribution in [0.3, 0.4) is 0 Å². The zero-order chi connectivity index (χ0) is 13.2. The molecule has 0 aliphatic rings. The molecule has 3 nitrogen and oxygen atoms in total. The number of nitrogen functional groups attached to an aromatic ring is 1. The normalized spacial score (nSPS) is 12.2. The number of para-hydroxylation sites is 2. The van der Waals surface area contributed by atoms with Crippen molar-refractivity contribution in [2.24, 2.45) is 0 Å². The Hall–Kier alpha value is -1.72. The number of hydrogen-bond donors (Lipinski definition) is 1. The van der Waals surface area contributed by atoms with E-state index in [1.54, 1.807) is 4.57 Å². The van der Waals surface area contributed by atoms with Crippen molar-refractivity contribution in [2.75, 3.05) is 5.73 Å². The van der Waals surface area contributed by atoms with Gasteiger partial charge in [-0.05, 0) is 25.0 Å². The standard InChI is InChI=1S/C12H14F3N3/c13-12(14,15)7-3-4-8-18-10-6-2-1-5-9(10)17-11(18)16/h1-2,5-6H,3-4,7-8H2,(H2,16,17). The summed E-state index contributed by atoms with van der Waals surface area (Å²) in [6.45, 7) is 0.461. The lowest BCUT2D eigenvalue weighted by molar-refractivity contribution is -0.135. The number of hydrogen-bond acceptors (Lipinski definition) is 2. The maximum absolute atomic E-state index is 12.0. The van der Waals surface area contributed by atoms with Crippen molar-refractivity contribution >= 4 is 17.0 Å². The summed E-state index contributed by atoms with van der Waals surface area (Å²) >= 11 is 0. The van der Waals surface area contributed by atoms with Crippen LogP contribution in [0.1, 0.15) is 19.3 Å². The lowest BCUT2D eigenvalue weighted by atomic mass is 10.2. The van der Waals surface area contributed by atoms with E-state index in [9.17, 15) is 13.2 Å². The number of anilines is 1. The fourth-order valence-electron chi connectivity index (χ4n) is 1.92. The van der Waals surface area contributed by atoms with Crippen LogP contribution in [0.4, 0.5) is 19.1 Å². The molecule has 0 fully saturated rings. The first-order valence-electron chi connectivity index (χ1n) is 5.75. The Bertz CT molecular complexity index is 531. The van der Waals surface area contributed by atoms with E-state index in [0.29, 0.717) is 18.9 Å². The molecule has 0 aliphatic heterocycles. The molecule has 1 aromatic carbocycles. The minimum Gasteiger partial charge on any atom is -0.369 e. The molecule has 2 N–H and O–H groups in total. The monoisotopic (exact) mass is 257 g/mol. The number of aromatic nitrogens is 2. The highest BCUT2D eigenvalue weighted by molar-refractivity contribution is 5.78. The average Bonchev–Trinajstić information content (AvgIpc) is 2.59. The number of aryl methyl sites for hydroxylation is 1. The summed E-state index contributed by atoms with van der Waals surface area (Å²) in [5, 5.41) is 0. The van der Waals surface area contributed by atoms with Gasteiger partial charge in [0.05, 0.1) is 11.0 Å². The predicted octanol–water partition coefficient (Wildman–Crippen LogP) is 3.35. The highest BCUT2D eigenvalue weighted by Gasteiger charge is 2.25. The minimum atomic E-state index is -4.08. The van der Waals surface area contributed by atoms with E-state index in [2.05, 4.69) is 4.98 Å². The van der Waals surface area contributed by atoms with Crippen LogP contribution >= 0.6 is 0 Å². The molecule has 0 spiro atoms. The summed E-state index contributed by atoms with van der Waals surface area (Å²) in [5.41, 5.74) is 7.38. The third-order valence-electron chi connectivity index (χ3n) is 2.78. The first-order chi connectivity index (χ1) is 8.47. The molecule has 1 aromatic heterocycles. The third kappa shape index (κ3) is 2.94. The number of nitrogens with two attached hydrogens (primary N) is 1. The lowest BCUT2D eigenvalue weighted by Gasteiger charge is -2.08. The molecule has 0 saturated carbocycles. The molecule has 18 heavy (non-hydrogen) atoms. The van der Waals surface area contributed by atoms with Crippen molar-refractivity contribution in [1.29, 1.82) is 0 Å². The van der Waals surface area contributed by atoms with E-state index >= 15 is 0 Å². The maximum Gasteiger partial charge on any atom is 0.389 e. The summed E-state index contributed by atoms with van der Waals surface area (Å²) in [6, 6.07) is 7.40. The molecule has 0 bridgehead atoms. The van der Waals surface area contributed by atoms with E-state index in [1.807, 2.05) is 24.3 Å². The van der Waals surface area contributed by atoms with Crippen molar-refractivity contribution in [1.82, 2.24) is 9.55 Å². The zero-order valence-corrected chi connectivity index (χ0v) is 9.74. The predicted molar refractivity (Wildman–Crippen MR) is 64.1 cm³/mol. The van der Waals surface area contributed by atoms with Crippen LogP contribution in [0.5, 0.6) is 0 Å². The van der Waals surface area contributed by atoms with Gasteiger partial charge in [-0.1, -0.05) is 12.1 Å². The Balaban J connectivity index is 2.01. The summed E-state index contributed by atoms with van der Waals surface area (Å²) in [7, 11) is 0. The van der Waals surface area contributed by atoms with Crippen LogP contribution in [0.2, 0.25) is 0 Å². The molecule has 2 rings (SSSR count). The Morgan fingerprint density at radius 3 is 2.61 bits per heavy atom. The van der Waals surface area contributed by atoms with Gasteiger partial charge in [0, 0.05) is 13.0 Å². The van der Waals surface area contributed by atoms with E-state index < -0.39 is 12.6 Å². The van der Waals surface area contributed by atoms with Crippen LogP contribution in [0.25, 0.3) is 11.0 Å². The van der Waals surface area contributed by atoms with E-state index in [1.165, 1.54) is 0 Å². The molecule has 6 heteroatoms. The Morgan fingerprint density at radius 2 is 1.89 bits per heavy atom. The second-order valence-electron chi connectivity index (χ2n) is 4.18. The second kappa shape index (κ2) is 4.88. The first-order valence-corrected chi connectivity index (χ1v) is 5.75. The van der Waals surface area contributed by atoms with E-state index in [-0.39, 0.29) is 6.42 Å². The summed E-state index contributed by atoms with van der Waals surface area (Å²) in [6.07, 6.45) is -4.29. The summed E-state index contributed by atoms with van der Waals surface area (Å²) < 4.78 is 37.8. The number of rotatable bonds is 4. The summed E-state index contributed by atoms with van der Waals surface area (Å²) in [5.74, 6) is 0.350. The van der Waals surface area contributed by atoms with Gasteiger partial charge in [-0.2, -0.15) is 13.2 Å². The molecule has 98 valence electrons. The number of nitrogens with zero attached hydrogens (tertiary/aromatic N) is 2. The molecule has 0 atom stereocenters. The van der Waals surface area contributed by atoms with Crippen molar-refractivity contribution in [3.05, 3.63) is 24.3 Å². The lowest BCUT2D eigenvalue weighted by Crippen LogP contribution is -2.08. The van der Waals surface area contributed by atoms with Crippen molar-refractivity contribution in [2.45, 2.75) is 32.0 Å². The Labute approximate surface area is 102 Å². The van der Waals surface area contributed by atoms with Crippen molar-refractivity contribution < 1.29 is 13.2 Å². The average molecular weight is 257 g/mol. The Kier molecular flexibility index (Phi) is 3.45. The van der Waals surface area contributed by atoms with E-state index in [4.69, 9.17) is 5.73 Å². The molecule has 0 saturated heterocycles. The van der Waals surface area contributed by atoms with Crippen molar-refractivity contribution in [3.8, 4) is 0 Å². The van der Waals surface area contributed by atoms with Crippen LogP contribution in [-0.2, 0) is 6.54 Å². The molecule has 0 radical (unpaired) electrons. The largest absolute Gasteiger partial charge is 0.389 e. The zero-order valence-electron chi connectivity index (χ0n) is 9.74. The maximum atomic E-state index is 12.0. The van der Waals surface area contributed by atoms with Crippen molar-refractivity contribution in [3.63, 3.8) is 0 Å². The van der Waals surface area contributed by atoms with Gasteiger partial charge in [-0.25, -0.2) is 4.98 Å². The van der Waals surface area contributed by atoms with Gasteiger partial charge in [-0.3, -0.25) is 0 Å². The van der Waals surface area contributed by atoms with Crippen LogP contribution in [0, 0.1) is 0 Å². The fraction of sp³-hybridized carbons (Fsp3) is 0.417. The Morgan fingerprint density at radius 1 is 1.17 bits per heavy atom. The highest BCUT2D eigenvalue weighted by Crippen LogP contribution is 2.23. The summed E-state index contributed by atoms with van der Waals surface area (Å²) in [4.78, 5) is 4.16. The molecular weight excluding hydrogens is 243 g/mol. The molecule has 2 aromatic rings. The van der Waals surface area contributed by atoms with Gasteiger partial charge in [-0.15, -0.1) is 0 Å². The van der Waals surface area contributed by atoms with Gasteiger partial charge < -0.3 is 10.3 Å². The van der Waals surface area contributed by atoms with Gasteiger partial charge >= 0.3 is 6.18 Å². The smallest absolute Gasteiger partial charge is 0.369 e. The molecule has 0 amide bonds. The van der Waals surface area contributed by atoms with Gasteiger partial charge in [0.2, 0.25) is 5.95 Å².